The Balaban J connectivity index is 1.32. The van der Waals surface area contributed by atoms with Crippen LogP contribution in [0.3, 0.4) is 0 Å². The molecule has 12 heteroatoms. The number of nitrogens with zero attached hydrogens (tertiary/aromatic N) is 5. The van der Waals surface area contributed by atoms with Gasteiger partial charge in [-0.05, 0) is 112 Å². The van der Waals surface area contributed by atoms with E-state index in [9.17, 15) is 18.0 Å². The Labute approximate surface area is 324 Å². The van der Waals surface area contributed by atoms with Crippen LogP contribution < -0.4 is 9.46 Å². The Morgan fingerprint density at radius 3 is 2.35 bits per heavy atom. The number of amides is 2. The molecule has 2 bridgehead atoms. The minimum Gasteiger partial charge on any atom is -0.497 e. The minimum atomic E-state index is -3.82. The van der Waals surface area contributed by atoms with E-state index in [-0.39, 0.29) is 29.2 Å². The molecule has 55 heavy (non-hydrogen) atoms. The van der Waals surface area contributed by atoms with Gasteiger partial charge in [0.25, 0.3) is 11.8 Å². The highest BCUT2D eigenvalue weighted by Crippen LogP contribution is 2.48. The van der Waals surface area contributed by atoms with E-state index in [1.54, 1.807) is 19.4 Å². The van der Waals surface area contributed by atoms with Gasteiger partial charge >= 0.3 is 0 Å². The number of allylic oxidation sites excluding steroid dienone is 1. The van der Waals surface area contributed by atoms with Crippen LogP contribution in [0.15, 0.2) is 42.6 Å². The van der Waals surface area contributed by atoms with E-state index in [0.717, 1.165) is 83.3 Å². The van der Waals surface area contributed by atoms with Gasteiger partial charge in [0, 0.05) is 53.2 Å². The van der Waals surface area contributed by atoms with E-state index in [2.05, 4.69) is 53.3 Å². The fraction of sp³-hybridized carbons (Fsp3) is 0.512. The Kier molecular flexibility index (Phi) is 9.94. The summed E-state index contributed by atoms with van der Waals surface area (Å²) in [5, 5.41) is 5.92. The molecule has 0 spiro atoms. The Hall–Kier alpha value is -4.42. The first kappa shape index (κ1) is 37.5. The van der Waals surface area contributed by atoms with E-state index < -0.39 is 15.9 Å². The van der Waals surface area contributed by atoms with Gasteiger partial charge in [-0.3, -0.25) is 19.2 Å². The number of hydrogen-bond acceptors (Lipinski definition) is 7. The van der Waals surface area contributed by atoms with Crippen LogP contribution in [0.2, 0.25) is 0 Å². The molecule has 4 aliphatic rings. The second-order valence-corrected chi connectivity index (χ2v) is 18.6. The zero-order valence-corrected chi connectivity index (χ0v) is 33.8. The van der Waals surface area contributed by atoms with Crippen molar-refractivity contribution >= 4 is 44.4 Å². The molecule has 4 aromatic rings. The number of hydrogen-bond donors (Lipinski definition) is 1. The number of ether oxygens (including phenoxy) is 1. The molecule has 3 fully saturated rings. The summed E-state index contributed by atoms with van der Waals surface area (Å²) in [5.74, 6) is 0.159. The van der Waals surface area contributed by atoms with Gasteiger partial charge in [0.1, 0.15) is 5.75 Å². The molecule has 1 saturated carbocycles. The van der Waals surface area contributed by atoms with Crippen LogP contribution in [0.5, 0.6) is 5.75 Å². The highest BCUT2D eigenvalue weighted by Gasteiger charge is 2.41. The number of carbonyl (C=O) groups is 2. The van der Waals surface area contributed by atoms with Crippen molar-refractivity contribution in [2.45, 2.75) is 103 Å². The van der Waals surface area contributed by atoms with Crippen LogP contribution >= 0.6 is 0 Å². The predicted octanol–water partition coefficient (Wildman–Crippen LogP) is 7.33. The summed E-state index contributed by atoms with van der Waals surface area (Å²) in [4.78, 5) is 32.7. The molecule has 11 nitrogen and oxygen atoms in total. The molecular formula is C43H54N6O5S. The maximum atomic E-state index is 14.6. The normalized spacial score (nSPS) is 20.4. The van der Waals surface area contributed by atoms with Crippen molar-refractivity contribution in [1.82, 2.24) is 28.9 Å². The zero-order chi connectivity index (χ0) is 38.8. The monoisotopic (exact) mass is 766 g/mol. The average molecular weight is 767 g/mol. The second-order valence-electron chi connectivity index (χ2n) is 16.9. The van der Waals surface area contributed by atoms with Gasteiger partial charge in [0.05, 0.1) is 42.6 Å². The lowest BCUT2D eigenvalue weighted by Gasteiger charge is -2.38. The fourth-order valence-corrected chi connectivity index (χ4v) is 11.0. The topological polar surface area (TPSA) is 119 Å². The first-order chi connectivity index (χ1) is 26.3. The summed E-state index contributed by atoms with van der Waals surface area (Å²) in [7, 11) is 0.0324. The van der Waals surface area contributed by atoms with E-state index in [0.29, 0.717) is 43.2 Å². The van der Waals surface area contributed by atoms with E-state index in [1.165, 1.54) is 12.0 Å². The van der Waals surface area contributed by atoms with Crippen molar-refractivity contribution in [3.05, 3.63) is 70.5 Å². The molecule has 5 heterocycles. The number of methoxy groups -OCH3 is 1. The lowest BCUT2D eigenvalue weighted by molar-refractivity contribution is 0.0523. The van der Waals surface area contributed by atoms with Crippen molar-refractivity contribution in [3.63, 3.8) is 0 Å². The van der Waals surface area contributed by atoms with Crippen molar-refractivity contribution in [1.29, 1.82) is 0 Å². The number of benzene rings is 2. The van der Waals surface area contributed by atoms with Crippen LogP contribution in [0, 0.1) is 5.92 Å². The number of nitrogens with one attached hydrogen (secondary N) is 1. The van der Waals surface area contributed by atoms with E-state index >= 15 is 0 Å². The van der Waals surface area contributed by atoms with Crippen LogP contribution in [-0.2, 0) is 16.6 Å². The van der Waals surface area contributed by atoms with Gasteiger partial charge in [-0.2, -0.15) is 5.10 Å². The molecular weight excluding hydrogens is 713 g/mol. The Morgan fingerprint density at radius 2 is 1.67 bits per heavy atom. The third-order valence-corrected chi connectivity index (χ3v) is 13.9. The molecule has 8 rings (SSSR count). The van der Waals surface area contributed by atoms with Crippen LogP contribution in [-0.4, -0.2) is 89.5 Å². The van der Waals surface area contributed by atoms with Crippen molar-refractivity contribution < 1.29 is 22.7 Å². The molecule has 2 unspecified atom stereocenters. The maximum absolute atomic E-state index is 14.6. The molecule has 292 valence electrons. The Bertz CT molecular complexity index is 2280. The van der Waals surface area contributed by atoms with E-state index in [1.807, 2.05) is 41.6 Å². The number of rotatable bonds is 9. The summed E-state index contributed by atoms with van der Waals surface area (Å²) in [6.07, 6.45) is 11.8. The third-order valence-electron chi connectivity index (χ3n) is 12.3. The lowest BCUT2D eigenvalue weighted by Crippen LogP contribution is -2.53. The molecule has 2 saturated heterocycles. The number of carbonyl (C=O) groups excluding carboxylic acids is 2. The highest BCUT2D eigenvalue weighted by atomic mass is 32.2. The number of sulfonamides is 1. The molecule has 2 aromatic heterocycles. The lowest BCUT2D eigenvalue weighted by atomic mass is 9.81. The largest absolute Gasteiger partial charge is 0.497 e. The summed E-state index contributed by atoms with van der Waals surface area (Å²) in [6.45, 7) is 9.62. The first-order valence-electron chi connectivity index (χ1n) is 20.0. The zero-order valence-electron chi connectivity index (χ0n) is 33.0. The number of piperazine rings is 1. The third kappa shape index (κ3) is 6.90. The molecule has 1 N–H and O–H groups in total. The van der Waals surface area contributed by atoms with Crippen LogP contribution in [0.1, 0.15) is 122 Å². The van der Waals surface area contributed by atoms with Gasteiger partial charge in [-0.25, -0.2) is 13.1 Å². The minimum absolute atomic E-state index is 0.00459. The van der Waals surface area contributed by atoms with Gasteiger partial charge in [0.15, 0.2) is 0 Å². The summed E-state index contributed by atoms with van der Waals surface area (Å²) < 4.78 is 38.1. The molecule has 2 amide bonds. The highest BCUT2D eigenvalue weighted by molar-refractivity contribution is 7.90. The standard InChI is InChI=1S/C43H54N6O5S/c1-26(2)25-55(52,53)45-42(50)29-12-16-36-38(20-29)48-22-31(18-30-19-34(54-6)15-17-35(30)41(48)39(36)28-10-8-7-9-11-28)40-37(21-44-49(40)27(3)4)43(51)47-23-32-13-14-33(24-47)46(32)5/h12,15-21,26-28,32-33H,7-11,13-14,22-25H2,1-6H3,(H,45,50). The fourth-order valence-electron chi connectivity index (χ4n) is 9.69. The van der Waals surface area contributed by atoms with Crippen molar-refractivity contribution in [2.75, 3.05) is 33.0 Å². The second kappa shape index (κ2) is 14.6. The van der Waals surface area contributed by atoms with Gasteiger partial charge in [-0.15, -0.1) is 0 Å². The number of aromatic nitrogens is 3. The van der Waals surface area contributed by atoms with Gasteiger partial charge < -0.3 is 14.2 Å². The quantitative estimate of drug-likeness (QED) is 0.190. The summed E-state index contributed by atoms with van der Waals surface area (Å²) >= 11 is 0. The maximum Gasteiger partial charge on any atom is 0.264 e. The van der Waals surface area contributed by atoms with E-state index in [4.69, 9.17) is 9.84 Å². The molecule has 3 aliphatic heterocycles. The molecule has 0 radical (unpaired) electrons. The first-order valence-corrected chi connectivity index (χ1v) is 21.7. The Morgan fingerprint density at radius 1 is 0.945 bits per heavy atom. The predicted molar refractivity (Wildman–Crippen MR) is 217 cm³/mol. The number of fused-ring (bicyclic) bond motifs is 7. The van der Waals surface area contributed by atoms with Gasteiger partial charge in [-0.1, -0.05) is 39.2 Å². The number of likely N-dealkylation sites (N-methyl/N-ethyl adjacent to an activating group) is 1. The summed E-state index contributed by atoms with van der Waals surface area (Å²) in [6, 6.07) is 12.5. The van der Waals surface area contributed by atoms with Crippen molar-refractivity contribution in [3.8, 4) is 17.0 Å². The molecule has 2 atom stereocenters. The molecule has 1 aliphatic carbocycles. The smallest absolute Gasteiger partial charge is 0.264 e. The van der Waals surface area contributed by atoms with Crippen LogP contribution in [0.4, 0.5) is 0 Å². The summed E-state index contributed by atoms with van der Waals surface area (Å²) in [5.41, 5.74) is 7.85. The van der Waals surface area contributed by atoms with Crippen molar-refractivity contribution in [2.24, 2.45) is 5.92 Å². The average Bonchev–Trinajstić information content (AvgIpc) is 3.74. The SMILES string of the molecule is COc1ccc2c(c1)C=C(c1c(C(=O)N3CC4CCC(C3)N4C)cnn1C(C)C)Cn1c-2c(C2CCCCC2)c2ccc(C(=O)NS(=O)(=O)CC(C)C)cc21. The molecule has 2 aromatic carbocycles. The van der Waals surface area contributed by atoms with Gasteiger partial charge in [0.2, 0.25) is 10.0 Å². The number of likely N-dealkylation sites (tertiary alicyclic amines) is 1. The van der Waals surface area contributed by atoms with Crippen LogP contribution in [0.25, 0.3) is 33.8 Å².